The lowest BCUT2D eigenvalue weighted by Crippen LogP contribution is -2.00. The zero-order chi connectivity index (χ0) is 15.5. The lowest BCUT2D eigenvalue weighted by molar-refractivity contribution is 0.458. The van der Waals surface area contributed by atoms with Gasteiger partial charge in [0.15, 0.2) is 9.84 Å². The lowest BCUT2D eigenvalue weighted by Gasteiger charge is -2.04. The quantitative estimate of drug-likeness (QED) is 0.805. The first-order chi connectivity index (χ1) is 9.91. The van der Waals surface area contributed by atoms with Crippen LogP contribution >= 0.6 is 0 Å². The SMILES string of the molecule is CS(=O)(=O)c1c(O)cccc1C#Cc1cncc(C#N)c1. The van der Waals surface area contributed by atoms with Gasteiger partial charge in [-0.1, -0.05) is 17.9 Å². The fourth-order valence-electron chi connectivity index (χ4n) is 1.72. The van der Waals surface area contributed by atoms with E-state index in [1.54, 1.807) is 6.07 Å². The van der Waals surface area contributed by atoms with Crippen molar-refractivity contribution in [2.75, 3.05) is 6.26 Å². The molecule has 21 heavy (non-hydrogen) atoms. The second kappa shape index (κ2) is 5.66. The Balaban J connectivity index is 2.54. The summed E-state index contributed by atoms with van der Waals surface area (Å²) in [6.07, 6.45) is 3.88. The number of hydrogen-bond donors (Lipinski definition) is 1. The summed E-state index contributed by atoms with van der Waals surface area (Å²) >= 11 is 0. The van der Waals surface area contributed by atoms with Crippen LogP contribution in [-0.4, -0.2) is 24.8 Å². The maximum absolute atomic E-state index is 11.7. The molecule has 0 aliphatic heterocycles. The van der Waals surface area contributed by atoms with Crippen molar-refractivity contribution in [3.8, 4) is 23.7 Å². The average Bonchev–Trinajstić information content (AvgIpc) is 2.44. The van der Waals surface area contributed by atoms with Crippen LogP contribution in [0.4, 0.5) is 0 Å². The molecule has 0 radical (unpaired) electrons. The Morgan fingerprint density at radius 3 is 2.57 bits per heavy atom. The van der Waals surface area contributed by atoms with Gasteiger partial charge in [0.2, 0.25) is 0 Å². The van der Waals surface area contributed by atoms with Gasteiger partial charge in [0.05, 0.1) is 5.56 Å². The van der Waals surface area contributed by atoms with Crippen molar-refractivity contribution >= 4 is 9.84 Å². The van der Waals surface area contributed by atoms with E-state index in [0.29, 0.717) is 11.1 Å². The summed E-state index contributed by atoms with van der Waals surface area (Å²) in [6, 6.07) is 7.80. The molecule has 2 aromatic rings. The van der Waals surface area contributed by atoms with Crippen LogP contribution < -0.4 is 0 Å². The molecule has 0 amide bonds. The van der Waals surface area contributed by atoms with Crippen LogP contribution in [0, 0.1) is 23.2 Å². The third kappa shape index (κ3) is 3.38. The molecule has 0 saturated carbocycles. The van der Waals surface area contributed by atoms with Gasteiger partial charge >= 0.3 is 0 Å². The minimum absolute atomic E-state index is 0.194. The Morgan fingerprint density at radius 2 is 1.90 bits per heavy atom. The Morgan fingerprint density at radius 1 is 1.19 bits per heavy atom. The number of rotatable bonds is 1. The number of phenols is 1. The predicted octanol–water partition coefficient (Wildman–Crippen LogP) is 1.46. The van der Waals surface area contributed by atoms with E-state index in [0.717, 1.165) is 6.26 Å². The Hall–Kier alpha value is -2.83. The molecule has 6 heteroatoms. The van der Waals surface area contributed by atoms with Crippen LogP contribution in [0.15, 0.2) is 41.6 Å². The highest BCUT2D eigenvalue weighted by Gasteiger charge is 2.16. The second-order valence-electron chi connectivity index (χ2n) is 4.25. The monoisotopic (exact) mass is 298 g/mol. The molecule has 1 heterocycles. The van der Waals surface area contributed by atoms with Crippen LogP contribution in [0.2, 0.25) is 0 Å². The molecule has 1 aromatic carbocycles. The van der Waals surface area contributed by atoms with Crippen molar-refractivity contribution in [3.63, 3.8) is 0 Å². The summed E-state index contributed by atoms with van der Waals surface area (Å²) in [5.41, 5.74) is 1.04. The molecule has 1 N–H and O–H groups in total. The fourth-order valence-corrected chi connectivity index (χ4v) is 2.69. The first-order valence-corrected chi connectivity index (χ1v) is 7.70. The highest BCUT2D eigenvalue weighted by atomic mass is 32.2. The van der Waals surface area contributed by atoms with Crippen LogP contribution in [0.25, 0.3) is 0 Å². The van der Waals surface area contributed by atoms with E-state index in [9.17, 15) is 13.5 Å². The highest BCUT2D eigenvalue weighted by molar-refractivity contribution is 7.90. The molecule has 5 nitrogen and oxygen atoms in total. The van der Waals surface area contributed by atoms with Crippen LogP contribution in [0.3, 0.4) is 0 Å². The van der Waals surface area contributed by atoms with E-state index in [-0.39, 0.29) is 16.2 Å². The predicted molar refractivity (Wildman–Crippen MR) is 76.1 cm³/mol. The molecular weight excluding hydrogens is 288 g/mol. The van der Waals surface area contributed by atoms with E-state index in [2.05, 4.69) is 16.8 Å². The molecule has 0 aliphatic carbocycles. The van der Waals surface area contributed by atoms with Gasteiger partial charge in [-0.05, 0) is 18.2 Å². The third-order valence-corrected chi connectivity index (χ3v) is 3.74. The molecule has 0 atom stereocenters. The number of aromatic nitrogens is 1. The summed E-state index contributed by atoms with van der Waals surface area (Å²) < 4.78 is 23.4. The van der Waals surface area contributed by atoms with Gasteiger partial charge < -0.3 is 5.11 Å². The number of hydrogen-bond acceptors (Lipinski definition) is 5. The summed E-state index contributed by atoms with van der Waals surface area (Å²) in [4.78, 5) is 3.66. The third-order valence-electron chi connectivity index (χ3n) is 2.57. The van der Waals surface area contributed by atoms with Crippen molar-refractivity contribution in [1.29, 1.82) is 5.26 Å². The first-order valence-electron chi connectivity index (χ1n) is 5.81. The van der Waals surface area contributed by atoms with Crippen LogP contribution in [-0.2, 0) is 9.84 Å². The molecular formula is C15H10N2O3S. The van der Waals surface area contributed by atoms with E-state index in [4.69, 9.17) is 5.26 Å². The largest absolute Gasteiger partial charge is 0.507 e. The highest BCUT2D eigenvalue weighted by Crippen LogP contribution is 2.25. The van der Waals surface area contributed by atoms with E-state index in [1.165, 1.54) is 30.6 Å². The standard InChI is InChI=1S/C15H10N2O3S/c1-21(19,20)15-13(3-2-4-14(15)18)6-5-11-7-12(8-16)10-17-9-11/h2-4,7,9-10,18H,1H3. The number of aromatic hydroxyl groups is 1. The average molecular weight is 298 g/mol. The minimum Gasteiger partial charge on any atom is -0.507 e. The first kappa shape index (κ1) is 14.6. The number of pyridine rings is 1. The Bertz CT molecular complexity index is 900. The van der Waals surface area contributed by atoms with Gasteiger partial charge in [0.1, 0.15) is 16.7 Å². The zero-order valence-corrected chi connectivity index (χ0v) is 11.8. The number of sulfone groups is 1. The smallest absolute Gasteiger partial charge is 0.180 e. The lowest BCUT2D eigenvalue weighted by atomic mass is 10.2. The molecule has 0 bridgehead atoms. The van der Waals surface area contributed by atoms with Crippen molar-refractivity contribution in [2.24, 2.45) is 0 Å². The Kier molecular flexibility index (Phi) is 3.93. The molecule has 0 spiro atoms. The van der Waals surface area contributed by atoms with Gasteiger partial charge in [-0.25, -0.2) is 8.42 Å². The molecule has 0 unspecified atom stereocenters. The number of nitrogens with zero attached hydrogens (tertiary/aromatic N) is 2. The van der Waals surface area contributed by atoms with Gasteiger partial charge in [0.25, 0.3) is 0 Å². The molecule has 0 saturated heterocycles. The van der Waals surface area contributed by atoms with E-state index >= 15 is 0 Å². The minimum atomic E-state index is -3.60. The molecule has 0 aliphatic rings. The number of benzene rings is 1. The normalized spacial score (nSPS) is 10.3. The van der Waals surface area contributed by atoms with Crippen molar-refractivity contribution in [1.82, 2.24) is 4.98 Å². The summed E-state index contributed by atoms with van der Waals surface area (Å²) in [7, 11) is -3.60. The topological polar surface area (TPSA) is 91.1 Å². The van der Waals surface area contributed by atoms with E-state index < -0.39 is 9.84 Å². The number of phenolic OH excluding ortho intramolecular Hbond substituents is 1. The maximum atomic E-state index is 11.7. The van der Waals surface area contributed by atoms with E-state index in [1.807, 2.05) is 6.07 Å². The van der Waals surface area contributed by atoms with Gasteiger partial charge in [-0.2, -0.15) is 5.26 Å². The van der Waals surface area contributed by atoms with Crippen molar-refractivity contribution in [2.45, 2.75) is 4.90 Å². The maximum Gasteiger partial charge on any atom is 0.180 e. The number of nitriles is 1. The van der Waals surface area contributed by atoms with Gasteiger partial charge in [0, 0.05) is 29.8 Å². The Labute approximate surface area is 122 Å². The zero-order valence-electron chi connectivity index (χ0n) is 11.0. The summed E-state index contributed by atoms with van der Waals surface area (Å²) in [6.45, 7) is 0. The van der Waals surface area contributed by atoms with Gasteiger partial charge in [-0.15, -0.1) is 0 Å². The molecule has 0 fully saturated rings. The molecule has 2 rings (SSSR count). The van der Waals surface area contributed by atoms with Crippen LogP contribution in [0.5, 0.6) is 5.75 Å². The van der Waals surface area contributed by atoms with Crippen molar-refractivity contribution in [3.05, 3.63) is 53.3 Å². The molecule has 1 aromatic heterocycles. The van der Waals surface area contributed by atoms with Crippen molar-refractivity contribution < 1.29 is 13.5 Å². The molecule has 104 valence electrons. The second-order valence-corrected chi connectivity index (χ2v) is 6.20. The fraction of sp³-hybridized carbons (Fsp3) is 0.0667. The summed E-state index contributed by atoms with van der Waals surface area (Å²) in [5, 5.41) is 18.5. The van der Waals surface area contributed by atoms with Crippen LogP contribution in [0.1, 0.15) is 16.7 Å². The summed E-state index contributed by atoms with van der Waals surface area (Å²) in [5.74, 6) is 5.09. The van der Waals surface area contributed by atoms with Gasteiger partial charge in [-0.3, -0.25) is 4.98 Å².